The number of nitrogens with one attached hydrogen (secondary N) is 4. The number of imide groups is 1. The molecule has 0 aliphatic carbocycles. The maximum Gasteiger partial charge on any atom is 0.322 e. The van der Waals surface area contributed by atoms with Gasteiger partial charge in [0.1, 0.15) is 11.7 Å². The number of Topliss-reactive ketones (excluding diaryl/α,β-unsaturated/α-hetero) is 1. The van der Waals surface area contributed by atoms with Gasteiger partial charge in [0.25, 0.3) is 11.8 Å². The van der Waals surface area contributed by atoms with Gasteiger partial charge in [0, 0.05) is 23.4 Å². The highest BCUT2D eigenvalue weighted by atomic mass is 16.2. The van der Waals surface area contributed by atoms with Gasteiger partial charge in [-0.2, -0.15) is 0 Å². The highest BCUT2D eigenvalue weighted by Crippen LogP contribution is 2.23. The molecule has 1 atom stereocenters. The van der Waals surface area contributed by atoms with E-state index in [9.17, 15) is 19.2 Å². The van der Waals surface area contributed by atoms with Crippen LogP contribution < -0.4 is 16.0 Å². The van der Waals surface area contributed by atoms with Crippen LogP contribution in [0.2, 0.25) is 0 Å². The van der Waals surface area contributed by atoms with Gasteiger partial charge in [0.05, 0.1) is 0 Å². The van der Waals surface area contributed by atoms with Crippen LogP contribution in [-0.4, -0.2) is 34.7 Å². The summed E-state index contributed by atoms with van der Waals surface area (Å²) in [6.07, 6.45) is 1.82. The first kappa shape index (κ1) is 20.3. The van der Waals surface area contributed by atoms with Crippen molar-refractivity contribution in [3.63, 3.8) is 0 Å². The maximum absolute atomic E-state index is 12.8. The molecule has 0 unspecified atom stereocenters. The second kappa shape index (κ2) is 8.30. The largest absolute Gasteiger partial charge is 0.354 e. The molecule has 0 radical (unpaired) electrons. The minimum atomic E-state index is -0.591. The number of ketones is 1. The molecule has 1 fully saturated rings. The average Bonchev–Trinajstić information content (AvgIpc) is 3.15. The van der Waals surface area contributed by atoms with Crippen molar-refractivity contribution >= 4 is 29.3 Å². The van der Waals surface area contributed by atoms with E-state index >= 15 is 0 Å². The molecule has 1 aromatic heterocycles. The first-order chi connectivity index (χ1) is 13.8. The molecule has 29 heavy (non-hydrogen) atoms. The van der Waals surface area contributed by atoms with E-state index in [0.717, 1.165) is 17.5 Å². The van der Waals surface area contributed by atoms with Crippen molar-refractivity contribution in [1.82, 2.24) is 15.6 Å². The number of anilines is 1. The van der Waals surface area contributed by atoms with Crippen molar-refractivity contribution in [2.24, 2.45) is 0 Å². The Kier molecular flexibility index (Phi) is 5.81. The smallest absolute Gasteiger partial charge is 0.322 e. The Balaban J connectivity index is 1.73. The van der Waals surface area contributed by atoms with Crippen LogP contribution in [0, 0.1) is 6.92 Å². The monoisotopic (exact) mass is 396 g/mol. The predicted octanol–water partition coefficient (Wildman–Crippen LogP) is 2.48. The molecule has 2 aromatic rings. The summed E-state index contributed by atoms with van der Waals surface area (Å²) < 4.78 is 0. The zero-order valence-electron chi connectivity index (χ0n) is 16.6. The summed E-state index contributed by atoms with van der Waals surface area (Å²) in [6.45, 7) is 5.29. The van der Waals surface area contributed by atoms with Crippen molar-refractivity contribution in [3.05, 3.63) is 52.3 Å². The number of rotatable bonds is 7. The first-order valence-electron chi connectivity index (χ1n) is 9.54. The van der Waals surface area contributed by atoms with E-state index in [1.54, 1.807) is 31.2 Å². The molecule has 0 bridgehead atoms. The number of aromatic nitrogens is 1. The molecule has 3 rings (SSSR count). The lowest BCUT2D eigenvalue weighted by molar-refractivity contribution is -0.120. The number of carbonyl (C=O) groups is 4. The Hall–Kier alpha value is -3.42. The van der Waals surface area contributed by atoms with Gasteiger partial charge in [0.15, 0.2) is 5.78 Å². The lowest BCUT2D eigenvalue weighted by Crippen LogP contribution is -2.31. The number of amides is 4. The Morgan fingerprint density at radius 2 is 1.83 bits per heavy atom. The summed E-state index contributed by atoms with van der Waals surface area (Å²) in [5.41, 5.74) is 3.88. The van der Waals surface area contributed by atoms with E-state index < -0.39 is 12.1 Å². The number of H-pyrrole nitrogens is 1. The Bertz CT molecular complexity index is 975. The van der Waals surface area contributed by atoms with Crippen molar-refractivity contribution in [2.45, 2.75) is 46.1 Å². The van der Waals surface area contributed by atoms with Gasteiger partial charge in [-0.3, -0.25) is 19.7 Å². The second-order valence-corrected chi connectivity index (χ2v) is 7.16. The van der Waals surface area contributed by atoms with E-state index in [-0.39, 0.29) is 17.6 Å². The topological polar surface area (TPSA) is 120 Å². The highest BCUT2D eigenvalue weighted by Gasteiger charge is 2.29. The molecule has 4 amide bonds. The summed E-state index contributed by atoms with van der Waals surface area (Å²) in [4.78, 5) is 50.6. The van der Waals surface area contributed by atoms with Gasteiger partial charge in [-0.25, -0.2) is 4.79 Å². The molecule has 1 aliphatic rings. The van der Waals surface area contributed by atoms with E-state index in [2.05, 4.69) is 20.9 Å². The van der Waals surface area contributed by atoms with Gasteiger partial charge >= 0.3 is 6.03 Å². The van der Waals surface area contributed by atoms with E-state index in [1.165, 1.54) is 6.92 Å². The number of benzene rings is 1. The van der Waals surface area contributed by atoms with E-state index in [4.69, 9.17) is 0 Å². The van der Waals surface area contributed by atoms with Gasteiger partial charge in [-0.1, -0.05) is 25.5 Å². The Labute approximate surface area is 168 Å². The standard InChI is InChI=1S/C21H24N4O4/c1-4-5-15-17(12(3)26)11(2)22-18(15)20(28)23-14-8-6-13(7-9-14)10-16-19(27)25-21(29)24-16/h6-9,16,22H,4-5,10H2,1-3H3,(H,23,28)(H2,24,25,27,29)/t16-/m1/s1. The zero-order valence-corrected chi connectivity index (χ0v) is 16.6. The molecule has 152 valence electrons. The number of aromatic amines is 1. The number of hydrogen-bond donors (Lipinski definition) is 4. The van der Waals surface area contributed by atoms with E-state index in [0.29, 0.717) is 35.5 Å². The van der Waals surface area contributed by atoms with Crippen LogP contribution in [0.1, 0.15) is 57.9 Å². The molecule has 1 saturated heterocycles. The quantitative estimate of drug-likeness (QED) is 0.424. The lowest BCUT2D eigenvalue weighted by Gasteiger charge is -2.10. The fraction of sp³-hybridized carbons (Fsp3) is 0.333. The summed E-state index contributed by atoms with van der Waals surface area (Å²) in [5, 5.41) is 7.60. The third-order valence-corrected chi connectivity index (χ3v) is 4.88. The minimum absolute atomic E-state index is 0.0614. The van der Waals surface area contributed by atoms with Crippen LogP contribution in [0.4, 0.5) is 10.5 Å². The maximum atomic E-state index is 12.8. The molecule has 0 spiro atoms. The van der Waals surface area contributed by atoms with Crippen molar-refractivity contribution in [1.29, 1.82) is 0 Å². The number of aryl methyl sites for hydroxylation is 1. The Morgan fingerprint density at radius 3 is 2.38 bits per heavy atom. The molecule has 8 nitrogen and oxygen atoms in total. The fourth-order valence-electron chi connectivity index (χ4n) is 3.60. The third-order valence-electron chi connectivity index (χ3n) is 4.88. The number of carbonyl (C=O) groups excluding carboxylic acids is 4. The molecule has 4 N–H and O–H groups in total. The number of urea groups is 1. The molecule has 2 heterocycles. The van der Waals surface area contributed by atoms with Crippen molar-refractivity contribution < 1.29 is 19.2 Å². The first-order valence-corrected chi connectivity index (χ1v) is 9.54. The molecular formula is C21H24N4O4. The van der Waals surface area contributed by atoms with Crippen LogP contribution in [0.15, 0.2) is 24.3 Å². The average molecular weight is 396 g/mol. The molecule has 1 aliphatic heterocycles. The SMILES string of the molecule is CCCc1c(C(=O)Nc2ccc(C[C@H]3NC(=O)NC3=O)cc2)[nH]c(C)c1C(C)=O. The minimum Gasteiger partial charge on any atom is -0.354 e. The Morgan fingerprint density at radius 1 is 1.14 bits per heavy atom. The van der Waals surface area contributed by atoms with Crippen LogP contribution in [0.3, 0.4) is 0 Å². The van der Waals surface area contributed by atoms with Crippen LogP contribution in [-0.2, 0) is 17.6 Å². The predicted molar refractivity (Wildman–Crippen MR) is 108 cm³/mol. The normalized spacial score (nSPS) is 15.8. The van der Waals surface area contributed by atoms with Gasteiger partial charge in [-0.05, 0) is 43.5 Å². The number of hydrogen-bond acceptors (Lipinski definition) is 4. The lowest BCUT2D eigenvalue weighted by atomic mass is 10.0. The van der Waals surface area contributed by atoms with Crippen molar-refractivity contribution in [2.75, 3.05) is 5.32 Å². The summed E-state index contributed by atoms with van der Waals surface area (Å²) in [6, 6.07) is 5.98. The van der Waals surface area contributed by atoms with Crippen molar-refractivity contribution in [3.8, 4) is 0 Å². The van der Waals surface area contributed by atoms with Crippen LogP contribution in [0.5, 0.6) is 0 Å². The zero-order chi connectivity index (χ0) is 21.1. The summed E-state index contributed by atoms with van der Waals surface area (Å²) >= 11 is 0. The second-order valence-electron chi connectivity index (χ2n) is 7.16. The van der Waals surface area contributed by atoms with Crippen LogP contribution >= 0.6 is 0 Å². The molecule has 8 heteroatoms. The summed E-state index contributed by atoms with van der Waals surface area (Å²) in [7, 11) is 0. The van der Waals surface area contributed by atoms with Gasteiger partial charge in [0.2, 0.25) is 0 Å². The molecular weight excluding hydrogens is 372 g/mol. The fourth-order valence-corrected chi connectivity index (χ4v) is 3.60. The van der Waals surface area contributed by atoms with E-state index in [1.807, 2.05) is 6.92 Å². The molecule has 1 aromatic carbocycles. The van der Waals surface area contributed by atoms with Gasteiger partial charge < -0.3 is 15.6 Å². The third kappa shape index (κ3) is 4.37. The highest BCUT2D eigenvalue weighted by molar-refractivity contribution is 6.08. The summed E-state index contributed by atoms with van der Waals surface area (Å²) in [5.74, 6) is -0.716. The van der Waals surface area contributed by atoms with Gasteiger partial charge in [-0.15, -0.1) is 0 Å². The molecule has 0 saturated carbocycles. The van der Waals surface area contributed by atoms with Crippen LogP contribution in [0.25, 0.3) is 0 Å².